The number of nitrogens with zero attached hydrogens (tertiary/aromatic N) is 2. The number of hydrogen-bond acceptors (Lipinski definition) is 4. The normalized spacial score (nSPS) is 10.1. The van der Waals surface area contributed by atoms with Crippen LogP contribution in [0.1, 0.15) is 17.7 Å². The Balaban J connectivity index is 3.18. The third-order valence-electron chi connectivity index (χ3n) is 1.62. The fourth-order valence-electron chi connectivity index (χ4n) is 0.952. The molecule has 0 radical (unpaired) electrons. The average Bonchev–Trinajstić information content (AvgIpc) is 2.10. The minimum atomic E-state index is -2.79. The summed E-state index contributed by atoms with van der Waals surface area (Å²) in [7, 11) is 0. The van der Waals surface area contributed by atoms with E-state index in [-0.39, 0.29) is 17.9 Å². The van der Waals surface area contributed by atoms with Crippen LogP contribution in [0.5, 0.6) is 5.75 Å². The summed E-state index contributed by atoms with van der Waals surface area (Å²) in [6.07, 6.45) is -2.95. The molecule has 0 aliphatic heterocycles. The number of hydrogen-bond donors (Lipinski definition) is 2. The van der Waals surface area contributed by atoms with Crippen molar-refractivity contribution >= 4 is 5.82 Å². The Labute approximate surface area is 78.6 Å². The van der Waals surface area contributed by atoms with Gasteiger partial charge in [-0.2, -0.15) is 5.26 Å². The molecule has 14 heavy (non-hydrogen) atoms. The zero-order valence-electron chi connectivity index (χ0n) is 7.04. The number of halogens is 2. The van der Waals surface area contributed by atoms with E-state index in [1.54, 1.807) is 6.07 Å². The Morgan fingerprint density at radius 1 is 1.64 bits per heavy atom. The van der Waals surface area contributed by atoms with Crippen molar-refractivity contribution < 1.29 is 13.9 Å². The molecule has 1 heterocycles. The van der Waals surface area contributed by atoms with Gasteiger partial charge in [0.05, 0.1) is 23.7 Å². The first-order chi connectivity index (χ1) is 6.56. The van der Waals surface area contributed by atoms with E-state index < -0.39 is 17.7 Å². The Morgan fingerprint density at radius 2 is 2.29 bits per heavy atom. The van der Waals surface area contributed by atoms with E-state index in [0.717, 1.165) is 6.07 Å². The van der Waals surface area contributed by atoms with Crippen LogP contribution in [0.15, 0.2) is 6.07 Å². The second-order valence-electron chi connectivity index (χ2n) is 2.56. The van der Waals surface area contributed by atoms with Crippen molar-refractivity contribution in [3.05, 3.63) is 17.3 Å². The maximum Gasteiger partial charge on any atom is 0.267 e. The standard InChI is InChI=1S/C8H7F2N3O/c9-7(10)4-3-6(14)5(1-2-11)13-8(4)12/h3,7,14H,1H2,(H2,12,13). The number of aromatic nitrogens is 1. The minimum Gasteiger partial charge on any atom is -0.506 e. The zero-order valence-corrected chi connectivity index (χ0v) is 7.04. The molecule has 0 saturated heterocycles. The number of alkyl halides is 2. The molecule has 0 atom stereocenters. The first-order valence-corrected chi connectivity index (χ1v) is 3.69. The van der Waals surface area contributed by atoms with Gasteiger partial charge in [-0.3, -0.25) is 0 Å². The van der Waals surface area contributed by atoms with Crippen LogP contribution in [-0.4, -0.2) is 10.1 Å². The lowest BCUT2D eigenvalue weighted by molar-refractivity contribution is 0.151. The third kappa shape index (κ3) is 1.88. The van der Waals surface area contributed by atoms with E-state index in [2.05, 4.69) is 4.98 Å². The highest BCUT2D eigenvalue weighted by Crippen LogP contribution is 2.28. The summed E-state index contributed by atoms with van der Waals surface area (Å²) < 4.78 is 24.5. The molecule has 0 bridgehead atoms. The monoisotopic (exact) mass is 199 g/mol. The van der Waals surface area contributed by atoms with Crippen LogP contribution in [0.4, 0.5) is 14.6 Å². The topological polar surface area (TPSA) is 82.9 Å². The quantitative estimate of drug-likeness (QED) is 0.753. The van der Waals surface area contributed by atoms with E-state index in [1.807, 2.05) is 0 Å². The van der Waals surface area contributed by atoms with Crippen molar-refractivity contribution in [3.63, 3.8) is 0 Å². The molecule has 74 valence electrons. The predicted octanol–water partition coefficient (Wildman–Crippen LogP) is 1.37. The first kappa shape index (κ1) is 10.2. The highest BCUT2D eigenvalue weighted by molar-refractivity contribution is 5.47. The summed E-state index contributed by atoms with van der Waals surface area (Å²) in [5.41, 5.74) is 4.69. The highest BCUT2D eigenvalue weighted by atomic mass is 19.3. The number of nitrogens with two attached hydrogens (primary N) is 1. The van der Waals surface area contributed by atoms with Crippen LogP contribution in [0.2, 0.25) is 0 Å². The second kappa shape index (κ2) is 3.87. The molecule has 0 spiro atoms. The SMILES string of the molecule is N#CCc1nc(N)c(C(F)F)cc1O. The van der Waals surface area contributed by atoms with Crippen LogP contribution in [0, 0.1) is 11.3 Å². The molecular weight excluding hydrogens is 192 g/mol. The van der Waals surface area contributed by atoms with Gasteiger partial charge in [0.1, 0.15) is 11.6 Å². The summed E-state index contributed by atoms with van der Waals surface area (Å²) in [5.74, 6) is -0.792. The highest BCUT2D eigenvalue weighted by Gasteiger charge is 2.16. The van der Waals surface area contributed by atoms with Crippen molar-refractivity contribution in [2.45, 2.75) is 12.8 Å². The van der Waals surface area contributed by atoms with Gasteiger partial charge in [0.2, 0.25) is 0 Å². The molecular formula is C8H7F2N3O. The molecule has 0 aliphatic rings. The minimum absolute atomic E-state index is 0.00870. The summed E-state index contributed by atoms with van der Waals surface area (Å²) in [5, 5.41) is 17.5. The second-order valence-corrected chi connectivity index (χ2v) is 2.56. The summed E-state index contributed by atoms with van der Waals surface area (Å²) in [4.78, 5) is 3.51. The maximum absolute atomic E-state index is 12.2. The van der Waals surface area contributed by atoms with Crippen molar-refractivity contribution in [2.75, 3.05) is 5.73 Å². The molecule has 0 fully saturated rings. The van der Waals surface area contributed by atoms with Gasteiger partial charge in [0.25, 0.3) is 6.43 Å². The maximum atomic E-state index is 12.2. The largest absolute Gasteiger partial charge is 0.506 e. The van der Waals surface area contributed by atoms with E-state index in [4.69, 9.17) is 11.0 Å². The van der Waals surface area contributed by atoms with Crippen molar-refractivity contribution in [1.82, 2.24) is 4.98 Å². The zero-order chi connectivity index (χ0) is 10.7. The summed E-state index contributed by atoms with van der Waals surface area (Å²) in [6.45, 7) is 0. The average molecular weight is 199 g/mol. The molecule has 4 nitrogen and oxygen atoms in total. The molecule has 0 unspecified atom stereocenters. The first-order valence-electron chi connectivity index (χ1n) is 3.69. The van der Waals surface area contributed by atoms with E-state index >= 15 is 0 Å². The van der Waals surface area contributed by atoms with Crippen molar-refractivity contribution in [2.24, 2.45) is 0 Å². The number of nitrogen functional groups attached to an aromatic ring is 1. The van der Waals surface area contributed by atoms with E-state index in [9.17, 15) is 13.9 Å². The van der Waals surface area contributed by atoms with Gasteiger partial charge >= 0.3 is 0 Å². The molecule has 1 aromatic rings. The Morgan fingerprint density at radius 3 is 2.79 bits per heavy atom. The lowest BCUT2D eigenvalue weighted by Crippen LogP contribution is -2.01. The Hall–Kier alpha value is -1.90. The number of pyridine rings is 1. The van der Waals surface area contributed by atoms with Gasteiger partial charge in [0.15, 0.2) is 0 Å². The molecule has 0 aromatic carbocycles. The predicted molar refractivity (Wildman–Crippen MR) is 44.6 cm³/mol. The number of nitriles is 1. The molecule has 3 N–H and O–H groups in total. The van der Waals surface area contributed by atoms with Crippen LogP contribution < -0.4 is 5.73 Å². The summed E-state index contributed by atoms with van der Waals surface area (Å²) >= 11 is 0. The number of anilines is 1. The number of rotatable bonds is 2. The molecule has 0 saturated carbocycles. The van der Waals surface area contributed by atoms with E-state index in [0.29, 0.717) is 0 Å². The van der Waals surface area contributed by atoms with Gasteiger partial charge in [-0.05, 0) is 6.07 Å². The fraction of sp³-hybridized carbons (Fsp3) is 0.250. The van der Waals surface area contributed by atoms with Crippen LogP contribution in [0.25, 0.3) is 0 Å². The Kier molecular flexibility index (Phi) is 2.82. The van der Waals surface area contributed by atoms with Crippen LogP contribution in [-0.2, 0) is 6.42 Å². The third-order valence-corrected chi connectivity index (χ3v) is 1.62. The number of aromatic hydroxyl groups is 1. The Bertz CT molecular complexity index is 387. The summed E-state index contributed by atoms with van der Waals surface area (Å²) in [6, 6.07) is 2.57. The molecule has 0 aliphatic carbocycles. The smallest absolute Gasteiger partial charge is 0.267 e. The van der Waals surface area contributed by atoms with Gasteiger partial charge in [-0.1, -0.05) is 0 Å². The lowest BCUT2D eigenvalue weighted by Gasteiger charge is -2.06. The van der Waals surface area contributed by atoms with Gasteiger partial charge in [-0.25, -0.2) is 13.8 Å². The van der Waals surface area contributed by atoms with E-state index in [1.165, 1.54) is 0 Å². The molecule has 1 aromatic heterocycles. The van der Waals surface area contributed by atoms with Crippen LogP contribution >= 0.6 is 0 Å². The molecule has 1 rings (SSSR count). The van der Waals surface area contributed by atoms with Crippen molar-refractivity contribution in [3.8, 4) is 11.8 Å². The molecule has 6 heteroatoms. The van der Waals surface area contributed by atoms with Crippen molar-refractivity contribution in [1.29, 1.82) is 5.26 Å². The lowest BCUT2D eigenvalue weighted by atomic mass is 10.2. The fourth-order valence-corrected chi connectivity index (χ4v) is 0.952. The molecule has 0 amide bonds. The van der Waals surface area contributed by atoms with Crippen LogP contribution in [0.3, 0.4) is 0 Å². The van der Waals surface area contributed by atoms with Gasteiger partial charge < -0.3 is 10.8 Å². The van der Waals surface area contributed by atoms with Gasteiger partial charge in [0, 0.05) is 0 Å². The van der Waals surface area contributed by atoms with Gasteiger partial charge in [-0.15, -0.1) is 0 Å².